The van der Waals surface area contributed by atoms with Crippen LogP contribution >= 0.6 is 23.5 Å². The average molecular weight is 236 g/mol. The summed E-state index contributed by atoms with van der Waals surface area (Å²) < 4.78 is -0.292. The molecule has 0 unspecified atom stereocenters. The average Bonchev–Trinajstić information content (AvgIpc) is 2.02. The second kappa shape index (κ2) is 7.46. The second-order valence-electron chi connectivity index (χ2n) is 4.12. The monoisotopic (exact) mass is 236 g/mol. The maximum atomic E-state index is 10.9. The summed E-state index contributed by atoms with van der Waals surface area (Å²) in [5.41, 5.74) is 0. The van der Waals surface area contributed by atoms with Crippen molar-refractivity contribution in [1.82, 2.24) is 0 Å². The van der Waals surface area contributed by atoms with Crippen molar-refractivity contribution >= 4 is 29.5 Å². The number of carboxylic acid groups (broad SMARTS) is 1. The van der Waals surface area contributed by atoms with Crippen molar-refractivity contribution in [3.63, 3.8) is 0 Å². The number of thioether (sulfide) groups is 2. The Bertz CT molecular complexity index is 158. The van der Waals surface area contributed by atoms with E-state index in [1.807, 2.05) is 0 Å². The summed E-state index contributed by atoms with van der Waals surface area (Å²) in [4.78, 5) is 10.9. The van der Waals surface area contributed by atoms with Gasteiger partial charge < -0.3 is 5.11 Å². The molecular formula is C10H20O2S2. The molecule has 0 heterocycles. The molecule has 14 heavy (non-hydrogen) atoms. The number of rotatable bonds is 7. The standard InChI is InChI=1S/C10H20O2S2/c1-7(2)5-13-10(9(11)12)14-6-8(3)4/h7-8,10H,5-6H2,1-4H3,(H,11,12). The van der Waals surface area contributed by atoms with Crippen LogP contribution in [0.25, 0.3) is 0 Å². The van der Waals surface area contributed by atoms with Crippen LogP contribution in [0.2, 0.25) is 0 Å². The van der Waals surface area contributed by atoms with E-state index in [-0.39, 0.29) is 4.58 Å². The lowest BCUT2D eigenvalue weighted by Gasteiger charge is -2.14. The minimum absolute atomic E-state index is 0.292. The molecule has 0 aliphatic rings. The fourth-order valence-electron chi connectivity index (χ4n) is 0.750. The lowest BCUT2D eigenvalue weighted by molar-refractivity contribution is -0.134. The van der Waals surface area contributed by atoms with Gasteiger partial charge in [0.25, 0.3) is 0 Å². The van der Waals surface area contributed by atoms with Crippen LogP contribution in [0.5, 0.6) is 0 Å². The lowest BCUT2D eigenvalue weighted by atomic mass is 10.3. The number of carboxylic acids is 1. The van der Waals surface area contributed by atoms with E-state index in [0.29, 0.717) is 11.8 Å². The van der Waals surface area contributed by atoms with Gasteiger partial charge in [-0.15, -0.1) is 23.5 Å². The van der Waals surface area contributed by atoms with E-state index >= 15 is 0 Å². The molecule has 2 nitrogen and oxygen atoms in total. The SMILES string of the molecule is CC(C)CSC(SCC(C)C)C(=O)O. The number of hydrogen-bond acceptors (Lipinski definition) is 3. The van der Waals surface area contributed by atoms with Gasteiger partial charge in [-0.25, -0.2) is 0 Å². The molecule has 0 saturated heterocycles. The minimum Gasteiger partial charge on any atom is -0.480 e. The van der Waals surface area contributed by atoms with E-state index in [4.69, 9.17) is 5.11 Å². The summed E-state index contributed by atoms with van der Waals surface area (Å²) in [7, 11) is 0. The molecule has 0 bridgehead atoms. The van der Waals surface area contributed by atoms with E-state index in [0.717, 1.165) is 11.5 Å². The van der Waals surface area contributed by atoms with Crippen LogP contribution in [0.15, 0.2) is 0 Å². The number of hydrogen-bond donors (Lipinski definition) is 1. The van der Waals surface area contributed by atoms with Gasteiger partial charge in [0.1, 0.15) is 4.58 Å². The fourth-order valence-corrected chi connectivity index (χ4v) is 3.01. The molecule has 0 aliphatic heterocycles. The lowest BCUT2D eigenvalue weighted by Crippen LogP contribution is -2.15. The van der Waals surface area contributed by atoms with Crippen molar-refractivity contribution in [1.29, 1.82) is 0 Å². The molecule has 0 amide bonds. The van der Waals surface area contributed by atoms with Gasteiger partial charge in [0.2, 0.25) is 0 Å². The molecule has 0 fully saturated rings. The molecule has 0 spiro atoms. The first-order valence-corrected chi connectivity index (χ1v) is 6.99. The molecule has 0 aliphatic carbocycles. The van der Waals surface area contributed by atoms with Crippen molar-refractivity contribution in [2.45, 2.75) is 32.3 Å². The van der Waals surface area contributed by atoms with Gasteiger partial charge in [-0.05, 0) is 23.3 Å². The Labute approximate surface area is 95.2 Å². The van der Waals surface area contributed by atoms with Crippen LogP contribution in [-0.2, 0) is 4.79 Å². The Hall–Kier alpha value is 0.170. The topological polar surface area (TPSA) is 37.3 Å². The first kappa shape index (κ1) is 14.2. The third-order valence-corrected chi connectivity index (χ3v) is 4.91. The molecule has 0 saturated carbocycles. The van der Waals surface area contributed by atoms with E-state index < -0.39 is 5.97 Å². The van der Waals surface area contributed by atoms with Crippen molar-refractivity contribution in [2.75, 3.05) is 11.5 Å². The number of carbonyl (C=O) groups is 1. The normalized spacial score (nSPS) is 11.6. The summed E-state index contributed by atoms with van der Waals surface area (Å²) in [6.45, 7) is 8.44. The quantitative estimate of drug-likeness (QED) is 0.689. The van der Waals surface area contributed by atoms with Crippen molar-refractivity contribution in [3.8, 4) is 0 Å². The summed E-state index contributed by atoms with van der Waals surface area (Å²) in [6.07, 6.45) is 0. The van der Waals surface area contributed by atoms with Gasteiger partial charge in [0, 0.05) is 0 Å². The van der Waals surface area contributed by atoms with Gasteiger partial charge in [0.15, 0.2) is 0 Å². The van der Waals surface area contributed by atoms with Crippen LogP contribution in [0.1, 0.15) is 27.7 Å². The molecule has 84 valence electrons. The largest absolute Gasteiger partial charge is 0.480 e. The van der Waals surface area contributed by atoms with Gasteiger partial charge >= 0.3 is 5.97 Å². The summed E-state index contributed by atoms with van der Waals surface area (Å²) in [6, 6.07) is 0. The van der Waals surface area contributed by atoms with Gasteiger partial charge in [-0.2, -0.15) is 0 Å². The molecule has 0 rings (SSSR count). The predicted octanol–water partition coefficient (Wildman–Crippen LogP) is 3.18. The molecular weight excluding hydrogens is 216 g/mol. The van der Waals surface area contributed by atoms with Crippen LogP contribution in [-0.4, -0.2) is 27.2 Å². The zero-order valence-corrected chi connectivity index (χ0v) is 11.0. The van der Waals surface area contributed by atoms with Gasteiger partial charge in [-0.1, -0.05) is 27.7 Å². The third-order valence-electron chi connectivity index (χ3n) is 1.36. The van der Waals surface area contributed by atoms with Crippen LogP contribution in [0.4, 0.5) is 0 Å². The first-order valence-electron chi connectivity index (χ1n) is 4.89. The molecule has 1 N–H and O–H groups in total. The van der Waals surface area contributed by atoms with Gasteiger partial charge in [-0.3, -0.25) is 4.79 Å². The van der Waals surface area contributed by atoms with E-state index in [9.17, 15) is 4.79 Å². The summed E-state index contributed by atoms with van der Waals surface area (Å²) >= 11 is 3.09. The molecule has 0 aromatic heterocycles. The highest BCUT2D eigenvalue weighted by Gasteiger charge is 2.18. The Morgan fingerprint density at radius 2 is 1.43 bits per heavy atom. The molecule has 4 heteroatoms. The summed E-state index contributed by atoms with van der Waals surface area (Å²) in [5.74, 6) is 2.26. The van der Waals surface area contributed by atoms with Crippen LogP contribution < -0.4 is 0 Å². The molecule has 0 aromatic rings. The molecule has 0 aromatic carbocycles. The zero-order valence-electron chi connectivity index (χ0n) is 9.32. The second-order valence-corrected chi connectivity index (χ2v) is 6.70. The molecule has 0 radical (unpaired) electrons. The van der Waals surface area contributed by atoms with E-state index in [1.165, 1.54) is 0 Å². The zero-order chi connectivity index (χ0) is 11.1. The van der Waals surface area contributed by atoms with E-state index in [1.54, 1.807) is 23.5 Å². The Morgan fingerprint density at radius 3 is 1.64 bits per heavy atom. The smallest absolute Gasteiger partial charge is 0.326 e. The summed E-state index contributed by atoms with van der Waals surface area (Å²) in [5, 5.41) is 8.96. The highest BCUT2D eigenvalue weighted by molar-refractivity contribution is 8.18. The van der Waals surface area contributed by atoms with Crippen molar-refractivity contribution in [2.24, 2.45) is 11.8 Å². The van der Waals surface area contributed by atoms with E-state index in [2.05, 4.69) is 27.7 Å². The Kier molecular flexibility index (Phi) is 7.55. The maximum absolute atomic E-state index is 10.9. The Morgan fingerprint density at radius 1 is 1.07 bits per heavy atom. The first-order chi connectivity index (χ1) is 6.43. The fraction of sp³-hybridized carbons (Fsp3) is 0.900. The van der Waals surface area contributed by atoms with Crippen molar-refractivity contribution in [3.05, 3.63) is 0 Å². The highest BCUT2D eigenvalue weighted by Crippen LogP contribution is 2.27. The Balaban J connectivity index is 3.84. The third kappa shape index (κ3) is 7.56. The van der Waals surface area contributed by atoms with Gasteiger partial charge in [0.05, 0.1) is 0 Å². The van der Waals surface area contributed by atoms with Crippen molar-refractivity contribution < 1.29 is 9.90 Å². The predicted molar refractivity (Wildman–Crippen MR) is 66.0 cm³/mol. The maximum Gasteiger partial charge on any atom is 0.326 e. The van der Waals surface area contributed by atoms with Crippen LogP contribution in [0, 0.1) is 11.8 Å². The minimum atomic E-state index is -0.693. The number of aliphatic carboxylic acids is 1. The highest BCUT2D eigenvalue weighted by atomic mass is 32.2. The van der Waals surface area contributed by atoms with Crippen LogP contribution in [0.3, 0.4) is 0 Å². The molecule has 0 atom stereocenters.